The predicted octanol–water partition coefficient (Wildman–Crippen LogP) is 3.96. The predicted molar refractivity (Wildman–Crippen MR) is 74.6 cm³/mol. The fourth-order valence-corrected chi connectivity index (χ4v) is 2.01. The minimum Gasteiger partial charge on any atom is -0.497 e. The van der Waals surface area contributed by atoms with Gasteiger partial charge in [-0.1, -0.05) is 12.1 Å². The molecule has 0 amide bonds. The molecule has 0 saturated heterocycles. The lowest BCUT2D eigenvalue weighted by molar-refractivity contribution is 0.413. The van der Waals surface area contributed by atoms with Crippen LogP contribution in [-0.2, 0) is 6.54 Å². The van der Waals surface area contributed by atoms with E-state index in [0.29, 0.717) is 5.56 Å². The molecule has 0 fully saturated rings. The summed E-state index contributed by atoms with van der Waals surface area (Å²) in [5.41, 5.74) is 1.33. The Morgan fingerprint density at radius 3 is 2.38 bits per heavy atom. The average molecular weight is 295 g/mol. The van der Waals surface area contributed by atoms with Crippen molar-refractivity contribution >= 4 is 0 Å². The Labute approximate surface area is 121 Å². The van der Waals surface area contributed by atoms with E-state index in [2.05, 4.69) is 5.32 Å². The van der Waals surface area contributed by atoms with Crippen LogP contribution >= 0.6 is 0 Å². The number of hydrogen-bond acceptors (Lipinski definition) is 2. The van der Waals surface area contributed by atoms with Crippen LogP contribution in [0.5, 0.6) is 5.75 Å². The Morgan fingerprint density at radius 2 is 1.76 bits per heavy atom. The number of ether oxygens (including phenoxy) is 1. The zero-order valence-electron chi connectivity index (χ0n) is 11.8. The summed E-state index contributed by atoms with van der Waals surface area (Å²) >= 11 is 0. The summed E-state index contributed by atoms with van der Waals surface area (Å²) in [5.74, 6) is -3.07. The minimum absolute atomic E-state index is 0.0451. The molecule has 2 aromatic carbocycles. The summed E-state index contributed by atoms with van der Waals surface area (Å²) in [6.07, 6.45) is 0. The normalized spacial score (nSPS) is 12.2. The smallest absolute Gasteiger partial charge is 0.194 e. The molecule has 0 aliphatic heterocycles. The Hall–Kier alpha value is -2.01. The highest BCUT2D eigenvalue weighted by atomic mass is 19.2. The van der Waals surface area contributed by atoms with Gasteiger partial charge in [0.2, 0.25) is 0 Å². The first kappa shape index (κ1) is 15.4. The summed E-state index contributed by atoms with van der Waals surface area (Å²) in [5, 5.41) is 3.13. The van der Waals surface area contributed by atoms with E-state index >= 15 is 0 Å². The second-order valence-electron chi connectivity index (χ2n) is 4.75. The lowest BCUT2D eigenvalue weighted by atomic mass is 10.1. The Balaban J connectivity index is 2.05. The Kier molecular flexibility index (Phi) is 4.85. The van der Waals surface area contributed by atoms with Crippen LogP contribution in [-0.4, -0.2) is 7.11 Å². The van der Waals surface area contributed by atoms with Crippen LogP contribution in [0.15, 0.2) is 36.4 Å². The quantitative estimate of drug-likeness (QED) is 0.843. The lowest BCUT2D eigenvalue weighted by Gasteiger charge is -2.15. The lowest BCUT2D eigenvalue weighted by Crippen LogP contribution is -2.18. The van der Waals surface area contributed by atoms with Gasteiger partial charge in [-0.05, 0) is 42.3 Å². The van der Waals surface area contributed by atoms with Gasteiger partial charge >= 0.3 is 0 Å². The number of nitrogens with one attached hydrogen (secondary N) is 1. The van der Waals surface area contributed by atoms with E-state index in [-0.39, 0.29) is 12.6 Å². The van der Waals surface area contributed by atoms with Crippen LogP contribution in [0, 0.1) is 17.5 Å². The standard InChI is InChI=1S/C16H16F3NO/c1-10(12-4-3-5-13(8-12)21-2)20-9-11-6-14(17)16(19)15(18)7-11/h3-8,10,20H,9H2,1-2H3/t10-/m0/s1. The van der Waals surface area contributed by atoms with Gasteiger partial charge in [0.1, 0.15) is 5.75 Å². The van der Waals surface area contributed by atoms with E-state index in [4.69, 9.17) is 4.74 Å². The van der Waals surface area contributed by atoms with Gasteiger partial charge in [0.05, 0.1) is 7.11 Å². The molecule has 0 aliphatic rings. The zero-order chi connectivity index (χ0) is 15.4. The molecule has 21 heavy (non-hydrogen) atoms. The van der Waals surface area contributed by atoms with Crippen molar-refractivity contribution in [3.8, 4) is 5.75 Å². The van der Waals surface area contributed by atoms with E-state index in [1.165, 1.54) is 0 Å². The summed E-state index contributed by atoms with van der Waals surface area (Å²) in [7, 11) is 1.58. The highest BCUT2D eigenvalue weighted by Crippen LogP contribution is 2.20. The zero-order valence-corrected chi connectivity index (χ0v) is 11.8. The third-order valence-corrected chi connectivity index (χ3v) is 3.25. The third kappa shape index (κ3) is 3.76. The first-order valence-corrected chi connectivity index (χ1v) is 6.52. The molecule has 5 heteroatoms. The number of benzene rings is 2. The molecule has 0 spiro atoms. The summed E-state index contributed by atoms with van der Waals surface area (Å²) < 4.78 is 44.3. The van der Waals surface area contributed by atoms with Crippen molar-refractivity contribution < 1.29 is 17.9 Å². The van der Waals surface area contributed by atoms with E-state index in [9.17, 15) is 13.2 Å². The molecule has 0 aromatic heterocycles. The molecule has 1 N–H and O–H groups in total. The molecular weight excluding hydrogens is 279 g/mol. The molecule has 0 unspecified atom stereocenters. The van der Waals surface area contributed by atoms with Crippen molar-refractivity contribution in [1.29, 1.82) is 0 Å². The van der Waals surface area contributed by atoms with Crippen molar-refractivity contribution in [3.05, 3.63) is 65.0 Å². The molecule has 2 aromatic rings. The average Bonchev–Trinajstić information content (AvgIpc) is 2.50. The molecular formula is C16H16F3NO. The second kappa shape index (κ2) is 6.63. The van der Waals surface area contributed by atoms with Crippen molar-refractivity contribution in [2.75, 3.05) is 7.11 Å². The summed E-state index contributed by atoms with van der Waals surface area (Å²) in [4.78, 5) is 0. The van der Waals surface area contributed by atoms with Gasteiger partial charge in [0.25, 0.3) is 0 Å². The molecule has 112 valence electrons. The van der Waals surface area contributed by atoms with Gasteiger partial charge in [-0.2, -0.15) is 0 Å². The number of methoxy groups -OCH3 is 1. The molecule has 0 saturated carbocycles. The maximum atomic E-state index is 13.1. The fraction of sp³-hybridized carbons (Fsp3) is 0.250. The highest BCUT2D eigenvalue weighted by molar-refractivity contribution is 5.30. The fourth-order valence-electron chi connectivity index (χ4n) is 2.01. The van der Waals surface area contributed by atoms with Crippen LogP contribution in [0.3, 0.4) is 0 Å². The topological polar surface area (TPSA) is 21.3 Å². The largest absolute Gasteiger partial charge is 0.497 e. The maximum absolute atomic E-state index is 13.1. The Morgan fingerprint density at radius 1 is 1.10 bits per heavy atom. The van der Waals surface area contributed by atoms with Crippen molar-refractivity contribution in [2.45, 2.75) is 19.5 Å². The van der Waals surface area contributed by atoms with Gasteiger partial charge in [-0.25, -0.2) is 13.2 Å². The van der Waals surface area contributed by atoms with Crippen LogP contribution in [0.1, 0.15) is 24.1 Å². The third-order valence-electron chi connectivity index (χ3n) is 3.25. The molecule has 0 bridgehead atoms. The molecule has 0 radical (unpaired) electrons. The number of hydrogen-bond donors (Lipinski definition) is 1. The van der Waals surface area contributed by atoms with Crippen LogP contribution in [0.25, 0.3) is 0 Å². The molecule has 0 aliphatic carbocycles. The highest BCUT2D eigenvalue weighted by Gasteiger charge is 2.11. The minimum atomic E-state index is -1.44. The van der Waals surface area contributed by atoms with E-state index < -0.39 is 17.5 Å². The van der Waals surface area contributed by atoms with Crippen LogP contribution in [0.4, 0.5) is 13.2 Å². The number of rotatable bonds is 5. The van der Waals surface area contributed by atoms with Gasteiger partial charge in [-0.3, -0.25) is 0 Å². The molecule has 2 nitrogen and oxygen atoms in total. The second-order valence-corrected chi connectivity index (χ2v) is 4.75. The van der Waals surface area contributed by atoms with Gasteiger partial charge in [0, 0.05) is 12.6 Å². The van der Waals surface area contributed by atoms with Gasteiger partial charge < -0.3 is 10.1 Å². The van der Waals surface area contributed by atoms with E-state index in [1.807, 2.05) is 31.2 Å². The van der Waals surface area contributed by atoms with Gasteiger partial charge in [-0.15, -0.1) is 0 Å². The SMILES string of the molecule is COc1cccc([C@H](C)NCc2cc(F)c(F)c(F)c2)c1. The first-order valence-electron chi connectivity index (χ1n) is 6.52. The maximum Gasteiger partial charge on any atom is 0.194 e. The van der Waals surface area contributed by atoms with Crippen LogP contribution in [0.2, 0.25) is 0 Å². The van der Waals surface area contributed by atoms with Crippen molar-refractivity contribution in [3.63, 3.8) is 0 Å². The molecule has 2 rings (SSSR count). The van der Waals surface area contributed by atoms with Crippen molar-refractivity contribution in [1.82, 2.24) is 5.32 Å². The Bertz CT molecular complexity index is 608. The van der Waals surface area contributed by atoms with E-state index in [0.717, 1.165) is 23.4 Å². The first-order chi connectivity index (χ1) is 10.0. The van der Waals surface area contributed by atoms with Gasteiger partial charge in [0.15, 0.2) is 17.5 Å². The van der Waals surface area contributed by atoms with Crippen LogP contribution < -0.4 is 10.1 Å². The molecule has 1 atom stereocenters. The summed E-state index contributed by atoms with van der Waals surface area (Å²) in [6.45, 7) is 2.15. The van der Waals surface area contributed by atoms with Crippen molar-refractivity contribution in [2.24, 2.45) is 0 Å². The monoisotopic (exact) mass is 295 g/mol. The summed E-state index contributed by atoms with van der Waals surface area (Å²) in [6, 6.07) is 9.43. The number of halogens is 3. The molecule has 0 heterocycles. The van der Waals surface area contributed by atoms with E-state index in [1.54, 1.807) is 7.11 Å².